The number of ether oxygens (including phenoxy) is 2. The minimum atomic E-state index is -4.79. The van der Waals surface area contributed by atoms with E-state index in [0.29, 0.717) is 31.9 Å². The third-order valence-electron chi connectivity index (χ3n) is 6.81. The van der Waals surface area contributed by atoms with Crippen LogP contribution in [0.4, 0.5) is 13.2 Å². The molecule has 4 rings (SSSR count). The number of hydrogen-bond acceptors (Lipinski definition) is 4. The Labute approximate surface area is 209 Å². The minimum Gasteiger partial charge on any atom is -0.493 e. The van der Waals surface area contributed by atoms with Crippen molar-refractivity contribution < 1.29 is 32.2 Å². The van der Waals surface area contributed by atoms with Gasteiger partial charge in [-0.05, 0) is 68.5 Å². The zero-order valence-corrected chi connectivity index (χ0v) is 20.1. The molecule has 0 saturated carbocycles. The molecule has 36 heavy (non-hydrogen) atoms. The average Bonchev–Trinajstić information content (AvgIpc) is 2.88. The van der Waals surface area contributed by atoms with Crippen molar-refractivity contribution in [2.75, 3.05) is 32.8 Å². The summed E-state index contributed by atoms with van der Waals surface area (Å²) in [5.74, 6) is 0.110. The number of likely N-dealkylation sites (tertiary alicyclic amines) is 2. The third kappa shape index (κ3) is 6.92. The summed E-state index contributed by atoms with van der Waals surface area (Å²) in [6.07, 6.45) is 0.0462. The van der Waals surface area contributed by atoms with Crippen LogP contribution in [-0.2, 0) is 4.79 Å². The van der Waals surface area contributed by atoms with E-state index in [4.69, 9.17) is 4.74 Å². The van der Waals surface area contributed by atoms with E-state index in [0.717, 1.165) is 50.9 Å². The van der Waals surface area contributed by atoms with Crippen LogP contribution < -0.4 is 9.47 Å². The van der Waals surface area contributed by atoms with Crippen LogP contribution in [0.15, 0.2) is 54.6 Å². The summed E-state index contributed by atoms with van der Waals surface area (Å²) in [5, 5.41) is 0. The van der Waals surface area contributed by atoms with Crippen molar-refractivity contribution in [3.63, 3.8) is 0 Å². The lowest BCUT2D eigenvalue weighted by molar-refractivity contribution is -0.274. The highest BCUT2D eigenvalue weighted by molar-refractivity contribution is 5.94. The number of para-hydroxylation sites is 1. The van der Waals surface area contributed by atoms with Crippen LogP contribution >= 0.6 is 0 Å². The molecule has 0 bridgehead atoms. The Balaban J connectivity index is 1.49. The van der Waals surface area contributed by atoms with Gasteiger partial charge in [-0.1, -0.05) is 18.2 Å². The van der Waals surface area contributed by atoms with E-state index in [9.17, 15) is 22.8 Å². The molecule has 194 valence electrons. The van der Waals surface area contributed by atoms with Gasteiger partial charge < -0.3 is 19.3 Å². The number of rotatable bonds is 7. The Morgan fingerprint density at radius 3 is 2.17 bits per heavy atom. The quantitative estimate of drug-likeness (QED) is 0.514. The smallest absolute Gasteiger partial charge is 0.493 e. The van der Waals surface area contributed by atoms with Crippen LogP contribution in [0, 0.1) is 5.41 Å². The van der Waals surface area contributed by atoms with Gasteiger partial charge in [-0.15, -0.1) is 13.2 Å². The third-order valence-corrected chi connectivity index (χ3v) is 6.81. The highest BCUT2D eigenvalue weighted by Crippen LogP contribution is 2.36. The number of hydrogen-bond donors (Lipinski definition) is 0. The molecule has 1 atom stereocenters. The van der Waals surface area contributed by atoms with E-state index in [1.165, 1.54) is 12.1 Å². The number of benzene rings is 2. The summed E-state index contributed by atoms with van der Waals surface area (Å²) in [6, 6.07) is 14.3. The van der Waals surface area contributed by atoms with Gasteiger partial charge in [0.05, 0.1) is 6.61 Å². The van der Waals surface area contributed by atoms with Crippen LogP contribution in [0.2, 0.25) is 0 Å². The molecule has 2 aliphatic rings. The molecule has 6 nitrogen and oxygen atoms in total. The van der Waals surface area contributed by atoms with Gasteiger partial charge in [-0.25, -0.2) is 0 Å². The first-order valence-electron chi connectivity index (χ1n) is 12.3. The monoisotopic (exact) mass is 504 g/mol. The number of piperidine rings is 2. The number of carbonyl (C=O) groups is 2. The molecule has 2 aromatic rings. The maximum Gasteiger partial charge on any atom is 0.573 e. The summed E-state index contributed by atoms with van der Waals surface area (Å²) < 4.78 is 47.4. The fraction of sp³-hybridized carbons (Fsp3) is 0.481. The molecule has 2 saturated heterocycles. The zero-order chi connectivity index (χ0) is 25.6. The highest BCUT2D eigenvalue weighted by atomic mass is 19.4. The Kier molecular flexibility index (Phi) is 8.06. The first kappa shape index (κ1) is 25.9. The van der Waals surface area contributed by atoms with Crippen LogP contribution in [-0.4, -0.2) is 60.8 Å². The van der Waals surface area contributed by atoms with E-state index >= 15 is 0 Å². The second-order valence-corrected chi connectivity index (χ2v) is 9.62. The van der Waals surface area contributed by atoms with Crippen molar-refractivity contribution in [1.29, 1.82) is 0 Å². The lowest BCUT2D eigenvalue weighted by Gasteiger charge is -2.43. The molecule has 0 aliphatic carbocycles. The van der Waals surface area contributed by atoms with Gasteiger partial charge in [-0.3, -0.25) is 9.59 Å². The Morgan fingerprint density at radius 1 is 0.833 bits per heavy atom. The molecule has 0 spiro atoms. The standard InChI is InChI=1S/C27H31F3N2O4/c28-27(29,30)36-23-12-10-21(11-13-23)25(34)32-17-7-14-26(19-32,20-35-22-8-3-1-4-9-22)18-24(33)31-15-5-2-6-16-31/h1,3-4,8-13H,2,5-7,14-20H2/t26-/m1/s1. The number of halogens is 3. The summed E-state index contributed by atoms with van der Waals surface area (Å²) in [4.78, 5) is 30.1. The summed E-state index contributed by atoms with van der Waals surface area (Å²) in [7, 11) is 0. The van der Waals surface area contributed by atoms with Crippen molar-refractivity contribution in [1.82, 2.24) is 9.80 Å². The lowest BCUT2D eigenvalue weighted by atomic mass is 9.77. The number of alkyl halides is 3. The molecule has 2 fully saturated rings. The van der Waals surface area contributed by atoms with Crippen LogP contribution in [0.25, 0.3) is 0 Å². The molecule has 2 aliphatic heterocycles. The van der Waals surface area contributed by atoms with Crippen molar-refractivity contribution in [3.8, 4) is 11.5 Å². The van der Waals surface area contributed by atoms with Gasteiger partial charge in [-0.2, -0.15) is 0 Å². The largest absolute Gasteiger partial charge is 0.573 e. The molecule has 2 heterocycles. The second kappa shape index (κ2) is 11.2. The topological polar surface area (TPSA) is 59.1 Å². The molecule has 0 aromatic heterocycles. The SMILES string of the molecule is O=C(C[C@]1(COc2ccccc2)CCCN(C(=O)c2ccc(OC(F)(F)F)cc2)C1)N1CCCCC1. The fourth-order valence-corrected chi connectivity index (χ4v) is 5.01. The minimum absolute atomic E-state index is 0.0781. The first-order chi connectivity index (χ1) is 17.2. The molecule has 9 heteroatoms. The lowest BCUT2D eigenvalue weighted by Crippen LogP contribution is -2.51. The first-order valence-corrected chi connectivity index (χ1v) is 12.3. The normalized spacial score (nSPS) is 20.6. The maximum atomic E-state index is 13.3. The highest BCUT2D eigenvalue weighted by Gasteiger charge is 2.41. The van der Waals surface area contributed by atoms with Gasteiger partial charge in [0.2, 0.25) is 5.91 Å². The summed E-state index contributed by atoms with van der Waals surface area (Å²) >= 11 is 0. The molecule has 2 aromatic carbocycles. The molecule has 2 amide bonds. The van der Waals surface area contributed by atoms with Gasteiger partial charge in [0, 0.05) is 43.6 Å². The van der Waals surface area contributed by atoms with Gasteiger partial charge in [0.1, 0.15) is 11.5 Å². The number of nitrogens with zero attached hydrogens (tertiary/aromatic N) is 2. The van der Waals surface area contributed by atoms with Crippen LogP contribution in [0.1, 0.15) is 48.9 Å². The van der Waals surface area contributed by atoms with E-state index in [1.54, 1.807) is 4.90 Å². The maximum absolute atomic E-state index is 13.3. The van der Waals surface area contributed by atoms with Crippen molar-refractivity contribution in [2.45, 2.75) is 44.9 Å². The molecule has 0 unspecified atom stereocenters. The van der Waals surface area contributed by atoms with E-state index < -0.39 is 11.8 Å². The average molecular weight is 505 g/mol. The summed E-state index contributed by atoms with van der Waals surface area (Å²) in [6.45, 7) is 2.63. The van der Waals surface area contributed by atoms with Gasteiger partial charge >= 0.3 is 6.36 Å². The molecular weight excluding hydrogens is 473 g/mol. The molecule has 0 N–H and O–H groups in total. The second-order valence-electron chi connectivity index (χ2n) is 9.62. The van der Waals surface area contributed by atoms with Crippen molar-refractivity contribution >= 4 is 11.8 Å². The van der Waals surface area contributed by atoms with Crippen LogP contribution in [0.3, 0.4) is 0 Å². The van der Waals surface area contributed by atoms with E-state index in [2.05, 4.69) is 4.74 Å². The number of carbonyl (C=O) groups excluding carboxylic acids is 2. The Morgan fingerprint density at radius 2 is 1.50 bits per heavy atom. The van der Waals surface area contributed by atoms with E-state index in [-0.39, 0.29) is 29.5 Å². The Bertz CT molecular complexity index is 1020. The van der Waals surface area contributed by atoms with Gasteiger partial charge in [0.15, 0.2) is 0 Å². The van der Waals surface area contributed by atoms with E-state index in [1.807, 2.05) is 35.2 Å². The van der Waals surface area contributed by atoms with Crippen molar-refractivity contribution in [2.24, 2.45) is 5.41 Å². The number of amides is 2. The van der Waals surface area contributed by atoms with Gasteiger partial charge in [0.25, 0.3) is 5.91 Å². The van der Waals surface area contributed by atoms with Crippen LogP contribution in [0.5, 0.6) is 11.5 Å². The van der Waals surface area contributed by atoms with Crippen molar-refractivity contribution in [3.05, 3.63) is 60.2 Å². The Hall–Kier alpha value is -3.23. The molecule has 0 radical (unpaired) electrons. The predicted octanol–water partition coefficient (Wildman–Crippen LogP) is 5.29. The summed E-state index contributed by atoms with van der Waals surface area (Å²) in [5.41, 5.74) is -0.288. The predicted molar refractivity (Wildman–Crippen MR) is 128 cm³/mol. The zero-order valence-electron chi connectivity index (χ0n) is 20.1. The molecular formula is C27H31F3N2O4. The fourth-order valence-electron chi connectivity index (χ4n) is 5.01.